The van der Waals surface area contributed by atoms with Crippen LogP contribution in [-0.2, 0) is 0 Å². The van der Waals surface area contributed by atoms with Crippen molar-refractivity contribution in [1.82, 2.24) is 0 Å². The van der Waals surface area contributed by atoms with Gasteiger partial charge in [-0.1, -0.05) is 37.6 Å². The number of hydrogen-bond donors (Lipinski definition) is 1. The summed E-state index contributed by atoms with van der Waals surface area (Å²) in [6.07, 6.45) is 5.27. The molecule has 0 bridgehead atoms. The normalized spacial score (nSPS) is 18.5. The van der Waals surface area contributed by atoms with Crippen molar-refractivity contribution in [1.29, 1.82) is 0 Å². The van der Waals surface area contributed by atoms with Gasteiger partial charge in [0.1, 0.15) is 0 Å². The van der Waals surface area contributed by atoms with Crippen LogP contribution in [0.2, 0.25) is 0 Å². The first kappa shape index (κ1) is 10.7. The smallest absolute Gasteiger partial charge is 0.00715 e. The molecule has 2 N–H and O–H groups in total. The third kappa shape index (κ3) is 2.40. The first-order valence-corrected chi connectivity index (χ1v) is 6.11. The molecule has 0 radical (unpaired) electrons. The molecule has 1 unspecified atom stereocenters. The van der Waals surface area contributed by atoms with Crippen LogP contribution in [0.3, 0.4) is 0 Å². The standard InChI is InChI=1S/C14H21N/c1-11(9-10-15)12-5-7-14(8-6-12)13-3-2-4-13/h5-8,11,13H,2-4,9-10,15H2,1H3. The number of nitrogens with two attached hydrogens (primary N) is 1. The van der Waals surface area contributed by atoms with E-state index in [-0.39, 0.29) is 0 Å². The fraction of sp³-hybridized carbons (Fsp3) is 0.571. The predicted molar refractivity (Wildman–Crippen MR) is 65.1 cm³/mol. The summed E-state index contributed by atoms with van der Waals surface area (Å²) in [4.78, 5) is 0. The van der Waals surface area contributed by atoms with Gasteiger partial charge in [0.15, 0.2) is 0 Å². The lowest BCUT2D eigenvalue weighted by Gasteiger charge is -2.26. The third-order valence-electron chi connectivity index (χ3n) is 3.68. The molecule has 1 aromatic carbocycles. The van der Waals surface area contributed by atoms with Crippen molar-refractivity contribution in [3.63, 3.8) is 0 Å². The Balaban J connectivity index is 2.02. The van der Waals surface area contributed by atoms with Gasteiger partial charge in [-0.25, -0.2) is 0 Å². The summed E-state index contributed by atoms with van der Waals surface area (Å²) < 4.78 is 0. The second kappa shape index (κ2) is 4.80. The Morgan fingerprint density at radius 1 is 1.27 bits per heavy atom. The molecule has 1 aliphatic carbocycles. The summed E-state index contributed by atoms with van der Waals surface area (Å²) in [7, 11) is 0. The highest BCUT2D eigenvalue weighted by Crippen LogP contribution is 2.36. The summed E-state index contributed by atoms with van der Waals surface area (Å²) in [5, 5.41) is 0. The van der Waals surface area contributed by atoms with E-state index in [4.69, 9.17) is 5.73 Å². The van der Waals surface area contributed by atoms with Crippen molar-refractivity contribution >= 4 is 0 Å². The molecular weight excluding hydrogens is 182 g/mol. The average molecular weight is 203 g/mol. The van der Waals surface area contributed by atoms with Crippen LogP contribution >= 0.6 is 0 Å². The topological polar surface area (TPSA) is 26.0 Å². The molecule has 82 valence electrons. The Kier molecular flexibility index (Phi) is 3.42. The lowest BCUT2D eigenvalue weighted by atomic mass is 9.79. The maximum absolute atomic E-state index is 5.58. The summed E-state index contributed by atoms with van der Waals surface area (Å²) in [5.74, 6) is 1.45. The van der Waals surface area contributed by atoms with Gasteiger partial charge in [-0.15, -0.1) is 0 Å². The minimum Gasteiger partial charge on any atom is -0.330 e. The lowest BCUT2D eigenvalue weighted by Crippen LogP contribution is -2.09. The summed E-state index contributed by atoms with van der Waals surface area (Å²) in [5.41, 5.74) is 8.54. The van der Waals surface area contributed by atoms with E-state index in [0.717, 1.165) is 18.9 Å². The molecule has 1 aliphatic rings. The zero-order valence-corrected chi connectivity index (χ0v) is 9.58. The van der Waals surface area contributed by atoms with E-state index < -0.39 is 0 Å². The van der Waals surface area contributed by atoms with Gasteiger partial charge in [0, 0.05) is 0 Å². The van der Waals surface area contributed by atoms with E-state index in [1.54, 1.807) is 0 Å². The van der Waals surface area contributed by atoms with Crippen LogP contribution in [0, 0.1) is 0 Å². The van der Waals surface area contributed by atoms with Crippen molar-refractivity contribution in [2.45, 2.75) is 44.4 Å². The van der Waals surface area contributed by atoms with E-state index >= 15 is 0 Å². The van der Waals surface area contributed by atoms with Gasteiger partial charge in [0.2, 0.25) is 0 Å². The highest BCUT2D eigenvalue weighted by Gasteiger charge is 2.19. The molecule has 1 fully saturated rings. The van der Waals surface area contributed by atoms with Gasteiger partial charge in [-0.3, -0.25) is 0 Å². The Morgan fingerprint density at radius 2 is 1.93 bits per heavy atom. The molecule has 1 atom stereocenters. The van der Waals surface area contributed by atoms with Crippen molar-refractivity contribution in [2.24, 2.45) is 5.73 Å². The Morgan fingerprint density at radius 3 is 2.40 bits per heavy atom. The van der Waals surface area contributed by atoms with Crippen LogP contribution in [0.4, 0.5) is 0 Å². The maximum Gasteiger partial charge on any atom is -0.00715 e. The fourth-order valence-corrected chi connectivity index (χ4v) is 2.25. The molecule has 1 heteroatoms. The highest BCUT2D eigenvalue weighted by atomic mass is 14.5. The molecule has 1 nitrogen and oxygen atoms in total. The van der Waals surface area contributed by atoms with Gasteiger partial charge in [0.05, 0.1) is 0 Å². The number of rotatable bonds is 4. The van der Waals surface area contributed by atoms with Crippen LogP contribution in [0.25, 0.3) is 0 Å². The molecule has 1 aromatic rings. The molecular formula is C14H21N. The van der Waals surface area contributed by atoms with Gasteiger partial charge >= 0.3 is 0 Å². The van der Waals surface area contributed by atoms with Gasteiger partial charge in [-0.05, 0) is 48.8 Å². The summed E-state index contributed by atoms with van der Waals surface area (Å²) in [6, 6.07) is 9.19. The molecule has 0 amide bonds. The Hall–Kier alpha value is -0.820. The Labute approximate surface area is 92.7 Å². The van der Waals surface area contributed by atoms with E-state index in [1.165, 1.54) is 30.4 Å². The second-order valence-corrected chi connectivity index (χ2v) is 4.77. The van der Waals surface area contributed by atoms with E-state index in [9.17, 15) is 0 Å². The highest BCUT2D eigenvalue weighted by molar-refractivity contribution is 5.28. The predicted octanol–water partition coefficient (Wildman–Crippen LogP) is 3.41. The van der Waals surface area contributed by atoms with Gasteiger partial charge in [0.25, 0.3) is 0 Å². The van der Waals surface area contributed by atoms with Crippen molar-refractivity contribution in [3.05, 3.63) is 35.4 Å². The maximum atomic E-state index is 5.58. The van der Waals surface area contributed by atoms with Crippen molar-refractivity contribution in [2.75, 3.05) is 6.54 Å². The second-order valence-electron chi connectivity index (χ2n) is 4.77. The molecule has 0 aliphatic heterocycles. The van der Waals surface area contributed by atoms with Crippen LogP contribution in [-0.4, -0.2) is 6.54 Å². The molecule has 0 spiro atoms. The zero-order valence-electron chi connectivity index (χ0n) is 9.58. The van der Waals surface area contributed by atoms with Gasteiger partial charge in [-0.2, -0.15) is 0 Å². The average Bonchev–Trinajstić information content (AvgIpc) is 2.16. The van der Waals surface area contributed by atoms with E-state index in [0.29, 0.717) is 5.92 Å². The SMILES string of the molecule is CC(CCN)c1ccc(C2CCC2)cc1. The quantitative estimate of drug-likeness (QED) is 0.797. The van der Waals surface area contributed by atoms with Crippen LogP contribution in [0.1, 0.15) is 55.6 Å². The summed E-state index contributed by atoms with van der Waals surface area (Å²) >= 11 is 0. The van der Waals surface area contributed by atoms with Crippen LogP contribution in [0.5, 0.6) is 0 Å². The van der Waals surface area contributed by atoms with E-state index in [1.807, 2.05) is 0 Å². The molecule has 1 saturated carbocycles. The number of benzene rings is 1. The largest absolute Gasteiger partial charge is 0.330 e. The molecule has 0 heterocycles. The zero-order chi connectivity index (χ0) is 10.7. The monoisotopic (exact) mass is 203 g/mol. The van der Waals surface area contributed by atoms with Crippen LogP contribution in [0.15, 0.2) is 24.3 Å². The lowest BCUT2D eigenvalue weighted by molar-refractivity contribution is 0.419. The molecule has 2 rings (SSSR count). The third-order valence-corrected chi connectivity index (χ3v) is 3.68. The first-order valence-electron chi connectivity index (χ1n) is 6.11. The van der Waals surface area contributed by atoms with Crippen molar-refractivity contribution < 1.29 is 0 Å². The van der Waals surface area contributed by atoms with E-state index in [2.05, 4.69) is 31.2 Å². The van der Waals surface area contributed by atoms with Gasteiger partial charge < -0.3 is 5.73 Å². The Bertz CT molecular complexity index is 298. The molecule has 0 aromatic heterocycles. The fourth-order valence-electron chi connectivity index (χ4n) is 2.25. The molecule has 0 saturated heterocycles. The van der Waals surface area contributed by atoms with Crippen LogP contribution < -0.4 is 5.73 Å². The summed E-state index contributed by atoms with van der Waals surface area (Å²) in [6.45, 7) is 3.04. The first-order chi connectivity index (χ1) is 7.31. The van der Waals surface area contributed by atoms with Crippen molar-refractivity contribution in [3.8, 4) is 0 Å². The molecule has 15 heavy (non-hydrogen) atoms. The number of hydrogen-bond acceptors (Lipinski definition) is 1. The minimum absolute atomic E-state index is 0.602. The minimum atomic E-state index is 0.602.